The molecule has 1 aromatic heterocycles. The van der Waals surface area contributed by atoms with E-state index in [1.165, 1.54) is 115 Å². The Morgan fingerprint density at radius 3 is 1.30 bits per heavy atom. The molecule has 0 aliphatic carbocycles. The highest BCUT2D eigenvalue weighted by atomic mass is 15.0. The lowest BCUT2D eigenvalue weighted by molar-refractivity contribution is 0.591. The molecule has 1 heterocycles. The van der Waals surface area contributed by atoms with Crippen molar-refractivity contribution >= 4 is 75.7 Å². The maximum absolute atomic E-state index is 2.54. The summed E-state index contributed by atoms with van der Waals surface area (Å²) < 4.78 is 2.46. The topological polar surface area (TPSA) is 4.93 Å². The minimum Gasteiger partial charge on any atom is -0.309 e. The van der Waals surface area contributed by atoms with Crippen LogP contribution >= 0.6 is 0 Å². The number of rotatable bonds is 3. The van der Waals surface area contributed by atoms with E-state index in [0.717, 1.165) is 0 Å². The van der Waals surface area contributed by atoms with Crippen LogP contribution in [0.2, 0.25) is 0 Å². The summed E-state index contributed by atoms with van der Waals surface area (Å²) in [6, 6.07) is 61.9. The minimum atomic E-state index is -0.0367. The Balaban J connectivity index is 1.51. The second-order valence-corrected chi connectivity index (χ2v) is 18.1. The smallest absolute Gasteiger partial charge is 0.0547 e. The molecule has 0 spiro atoms. The average Bonchev–Trinajstić information content (AvgIpc) is 3.54. The Morgan fingerprint density at radius 1 is 0.333 bits per heavy atom. The summed E-state index contributed by atoms with van der Waals surface area (Å²) in [5.74, 6) is 0. The highest BCUT2D eigenvalue weighted by Gasteiger charge is 2.28. The molecule has 1 heteroatoms. The Hall–Kier alpha value is -6.44. The zero-order chi connectivity index (χ0) is 38.8. The Labute approximate surface area is 334 Å². The van der Waals surface area contributed by atoms with Crippen molar-refractivity contribution in [3.05, 3.63) is 175 Å². The summed E-state index contributed by atoms with van der Waals surface area (Å²) in [7, 11) is 0. The molecular weight excluding hydrogens is 687 g/mol. The van der Waals surface area contributed by atoms with E-state index in [-0.39, 0.29) is 10.8 Å². The molecule has 274 valence electrons. The van der Waals surface area contributed by atoms with E-state index < -0.39 is 0 Å². The molecule has 10 aromatic carbocycles. The first kappa shape index (κ1) is 33.9. The summed E-state index contributed by atoms with van der Waals surface area (Å²) in [6.45, 7) is 14.1. The van der Waals surface area contributed by atoms with Crippen LogP contribution in [-0.2, 0) is 10.8 Å². The van der Waals surface area contributed by atoms with Crippen LogP contribution in [0.1, 0.15) is 52.7 Å². The van der Waals surface area contributed by atoms with Crippen LogP contribution in [0.4, 0.5) is 0 Å². The van der Waals surface area contributed by atoms with E-state index in [4.69, 9.17) is 0 Å². The van der Waals surface area contributed by atoms with Crippen LogP contribution in [-0.4, -0.2) is 4.57 Å². The van der Waals surface area contributed by atoms with Gasteiger partial charge in [-0.2, -0.15) is 0 Å². The summed E-state index contributed by atoms with van der Waals surface area (Å²) in [5, 5.41) is 15.7. The van der Waals surface area contributed by atoms with Crippen LogP contribution in [0.3, 0.4) is 0 Å². The zero-order valence-corrected chi connectivity index (χ0v) is 33.5. The molecule has 11 rings (SSSR count). The van der Waals surface area contributed by atoms with Gasteiger partial charge in [0.15, 0.2) is 0 Å². The lowest BCUT2D eigenvalue weighted by Crippen LogP contribution is -2.12. The van der Waals surface area contributed by atoms with Crippen molar-refractivity contribution in [2.75, 3.05) is 0 Å². The second kappa shape index (κ2) is 12.0. The van der Waals surface area contributed by atoms with E-state index in [1.807, 2.05) is 0 Å². The first-order chi connectivity index (χ1) is 27.6. The third-order valence-corrected chi connectivity index (χ3v) is 12.5. The Morgan fingerprint density at radius 2 is 0.789 bits per heavy atom. The van der Waals surface area contributed by atoms with E-state index in [2.05, 4.69) is 210 Å². The van der Waals surface area contributed by atoms with Gasteiger partial charge in [0, 0.05) is 16.5 Å². The number of para-hydroxylation sites is 2. The number of hydrogen-bond acceptors (Lipinski definition) is 0. The largest absolute Gasteiger partial charge is 0.309 e. The molecule has 0 aliphatic rings. The highest BCUT2D eigenvalue weighted by Crippen LogP contribution is 2.53. The van der Waals surface area contributed by atoms with Gasteiger partial charge in [-0.3, -0.25) is 0 Å². The number of fused-ring (bicyclic) bond motifs is 7. The van der Waals surface area contributed by atoms with Crippen LogP contribution in [0.15, 0.2) is 164 Å². The van der Waals surface area contributed by atoms with E-state index >= 15 is 0 Å². The van der Waals surface area contributed by atoms with Crippen LogP contribution in [0.25, 0.3) is 104 Å². The van der Waals surface area contributed by atoms with Crippen molar-refractivity contribution in [3.8, 4) is 27.9 Å². The SMILES string of the molecule is CC(C)(C)c1cc2ccc3cc(C(C)(C)C)cc4c5c(-c6ccccc6)c6cc7c(cc6c(-c6ccccc6)c5c(c1)c2c34)c1ccccc1n7-c1ccccc1. The lowest BCUT2D eigenvalue weighted by Gasteiger charge is -2.27. The number of hydrogen-bond donors (Lipinski definition) is 0. The molecule has 1 nitrogen and oxygen atoms in total. The van der Waals surface area contributed by atoms with Gasteiger partial charge in [0.25, 0.3) is 0 Å². The highest BCUT2D eigenvalue weighted by molar-refractivity contribution is 6.41. The molecule has 0 bridgehead atoms. The third-order valence-electron chi connectivity index (χ3n) is 12.5. The fraction of sp³-hybridized carbons (Fsp3) is 0.143. The molecule has 0 saturated heterocycles. The number of nitrogens with zero attached hydrogens (tertiary/aromatic N) is 1. The van der Waals surface area contributed by atoms with E-state index in [9.17, 15) is 0 Å². The molecule has 0 aliphatic heterocycles. The quantitative estimate of drug-likeness (QED) is 0.126. The van der Waals surface area contributed by atoms with Crippen LogP contribution < -0.4 is 0 Å². The van der Waals surface area contributed by atoms with Crippen molar-refractivity contribution in [1.82, 2.24) is 4.57 Å². The van der Waals surface area contributed by atoms with Gasteiger partial charge in [-0.1, -0.05) is 163 Å². The van der Waals surface area contributed by atoms with Gasteiger partial charge in [0.2, 0.25) is 0 Å². The number of benzene rings is 10. The molecule has 57 heavy (non-hydrogen) atoms. The fourth-order valence-electron chi connectivity index (χ4n) is 9.74. The zero-order valence-electron chi connectivity index (χ0n) is 33.5. The molecular formula is C56H45N. The Kier molecular flexibility index (Phi) is 7.15. The first-order valence-electron chi connectivity index (χ1n) is 20.4. The standard InChI is InChI=1S/C56H45N/c1-55(2,3)38-28-36-26-27-37-29-39(56(4,5)6)31-46-52(37)51(36)45(30-38)53-49(34-18-10-7-11-19-34)43-32-42-41-24-16-17-25-47(41)57(40-22-14-9-15-23-40)48(42)33-44(43)50(54(46)53)35-20-12-8-13-21-35/h7-33H,1-6H3. The molecule has 0 unspecified atom stereocenters. The summed E-state index contributed by atoms with van der Waals surface area (Å²) >= 11 is 0. The van der Waals surface area contributed by atoms with Gasteiger partial charge in [0.05, 0.1) is 11.0 Å². The van der Waals surface area contributed by atoms with Crippen LogP contribution in [0, 0.1) is 0 Å². The minimum absolute atomic E-state index is 0.0341. The summed E-state index contributed by atoms with van der Waals surface area (Å²) in [5.41, 5.74) is 11.3. The van der Waals surface area contributed by atoms with Crippen molar-refractivity contribution in [2.24, 2.45) is 0 Å². The third kappa shape index (κ3) is 5.01. The molecule has 0 N–H and O–H groups in total. The molecule has 11 aromatic rings. The van der Waals surface area contributed by atoms with Gasteiger partial charge < -0.3 is 4.57 Å². The lowest BCUT2D eigenvalue weighted by atomic mass is 9.76. The molecule has 0 saturated carbocycles. The molecule has 0 amide bonds. The fourth-order valence-corrected chi connectivity index (χ4v) is 9.74. The van der Waals surface area contributed by atoms with Crippen molar-refractivity contribution in [3.63, 3.8) is 0 Å². The summed E-state index contributed by atoms with van der Waals surface area (Å²) in [6.07, 6.45) is 0. The normalized spacial score (nSPS) is 12.7. The van der Waals surface area contributed by atoms with Gasteiger partial charge in [-0.15, -0.1) is 0 Å². The van der Waals surface area contributed by atoms with E-state index in [1.54, 1.807) is 0 Å². The predicted molar refractivity (Wildman–Crippen MR) is 248 cm³/mol. The van der Waals surface area contributed by atoms with Gasteiger partial charge in [0.1, 0.15) is 0 Å². The maximum Gasteiger partial charge on any atom is 0.0547 e. The first-order valence-corrected chi connectivity index (χ1v) is 20.4. The molecule has 0 radical (unpaired) electrons. The molecule has 0 fully saturated rings. The van der Waals surface area contributed by atoms with Crippen LogP contribution in [0.5, 0.6) is 0 Å². The van der Waals surface area contributed by atoms with Crippen molar-refractivity contribution in [1.29, 1.82) is 0 Å². The summed E-state index contributed by atoms with van der Waals surface area (Å²) in [4.78, 5) is 0. The predicted octanol–water partition coefficient (Wildman–Crippen LogP) is 15.9. The van der Waals surface area contributed by atoms with E-state index in [0.29, 0.717) is 0 Å². The molecule has 0 atom stereocenters. The van der Waals surface area contributed by atoms with Crippen molar-refractivity contribution < 1.29 is 0 Å². The second-order valence-electron chi connectivity index (χ2n) is 18.1. The van der Waals surface area contributed by atoms with Crippen molar-refractivity contribution in [2.45, 2.75) is 52.4 Å². The average molecular weight is 732 g/mol. The van der Waals surface area contributed by atoms with Gasteiger partial charge >= 0.3 is 0 Å². The monoisotopic (exact) mass is 731 g/mol. The number of aromatic nitrogens is 1. The Bertz CT molecular complexity index is 3370. The van der Waals surface area contributed by atoms with Gasteiger partial charge in [-0.05, 0) is 141 Å². The maximum atomic E-state index is 2.54. The van der Waals surface area contributed by atoms with Gasteiger partial charge in [-0.25, -0.2) is 0 Å².